The van der Waals surface area contributed by atoms with Crippen molar-refractivity contribution < 1.29 is 9.59 Å². The first-order chi connectivity index (χ1) is 6.24. The lowest BCUT2D eigenvalue weighted by atomic mass is 10.2. The molecule has 2 amide bonds. The Hall–Kier alpha value is -1.37. The van der Waals surface area contributed by atoms with Crippen LogP contribution in [0, 0.1) is 17.2 Å². The highest BCUT2D eigenvalue weighted by Crippen LogP contribution is 2.36. The minimum atomic E-state index is -0.484. The lowest BCUT2D eigenvalue weighted by Crippen LogP contribution is -2.39. The van der Waals surface area contributed by atoms with Crippen LogP contribution in [0.5, 0.6) is 0 Å². The van der Waals surface area contributed by atoms with E-state index in [2.05, 4.69) is 6.07 Å². The van der Waals surface area contributed by atoms with Crippen molar-refractivity contribution in [3.63, 3.8) is 0 Å². The van der Waals surface area contributed by atoms with Gasteiger partial charge in [0.1, 0.15) is 6.04 Å². The highest BCUT2D eigenvalue weighted by molar-refractivity contribution is 6.02. The Morgan fingerprint density at radius 2 is 1.85 bits per heavy atom. The highest BCUT2D eigenvalue weighted by Gasteiger charge is 2.43. The summed E-state index contributed by atoms with van der Waals surface area (Å²) in [7, 11) is 0. The van der Waals surface area contributed by atoms with Gasteiger partial charge < -0.3 is 0 Å². The molecule has 1 saturated heterocycles. The molecule has 0 aromatic heterocycles. The number of hydrogen-bond acceptors (Lipinski definition) is 3. The molecule has 1 unspecified atom stereocenters. The number of rotatable bonds is 2. The van der Waals surface area contributed by atoms with E-state index in [1.807, 2.05) is 0 Å². The molecule has 1 heterocycles. The third-order valence-electron chi connectivity index (χ3n) is 2.57. The van der Waals surface area contributed by atoms with Crippen LogP contribution >= 0.6 is 0 Å². The molecule has 4 heteroatoms. The molecule has 1 aliphatic heterocycles. The van der Waals surface area contributed by atoms with Gasteiger partial charge in [0.05, 0.1) is 6.07 Å². The molecule has 1 atom stereocenters. The Labute approximate surface area is 76.1 Å². The second kappa shape index (κ2) is 2.84. The number of amides is 2. The van der Waals surface area contributed by atoms with Gasteiger partial charge in [-0.25, -0.2) is 0 Å². The summed E-state index contributed by atoms with van der Waals surface area (Å²) in [5.74, 6) is -0.108. The molecule has 13 heavy (non-hydrogen) atoms. The Balaban J connectivity index is 2.17. The SMILES string of the molecule is N#CC(C1CC1)N1C(=O)CCC1=O. The van der Waals surface area contributed by atoms with Gasteiger partial charge in [-0.1, -0.05) is 0 Å². The normalized spacial score (nSPS) is 24.7. The van der Waals surface area contributed by atoms with Crippen LogP contribution in [0.1, 0.15) is 25.7 Å². The molecule has 0 aromatic rings. The maximum absolute atomic E-state index is 11.3. The van der Waals surface area contributed by atoms with Crippen molar-refractivity contribution >= 4 is 11.8 Å². The molecule has 2 aliphatic rings. The fraction of sp³-hybridized carbons (Fsp3) is 0.667. The van der Waals surface area contributed by atoms with E-state index in [0.717, 1.165) is 17.7 Å². The molecule has 1 aliphatic carbocycles. The molecule has 4 nitrogen and oxygen atoms in total. The molecule has 2 rings (SSSR count). The quantitative estimate of drug-likeness (QED) is 0.576. The van der Waals surface area contributed by atoms with E-state index in [1.54, 1.807) is 0 Å². The van der Waals surface area contributed by atoms with E-state index in [-0.39, 0.29) is 30.6 Å². The summed E-state index contributed by atoms with van der Waals surface area (Å²) in [5, 5.41) is 8.84. The van der Waals surface area contributed by atoms with Crippen LogP contribution < -0.4 is 0 Å². The van der Waals surface area contributed by atoms with Crippen molar-refractivity contribution in [2.45, 2.75) is 31.7 Å². The van der Waals surface area contributed by atoms with E-state index in [9.17, 15) is 9.59 Å². The van der Waals surface area contributed by atoms with Gasteiger partial charge in [-0.2, -0.15) is 5.26 Å². The van der Waals surface area contributed by atoms with Crippen molar-refractivity contribution in [1.82, 2.24) is 4.90 Å². The second-order valence-corrected chi connectivity index (χ2v) is 3.57. The second-order valence-electron chi connectivity index (χ2n) is 3.57. The molecular weight excluding hydrogens is 168 g/mol. The lowest BCUT2D eigenvalue weighted by molar-refractivity contribution is -0.140. The van der Waals surface area contributed by atoms with Gasteiger partial charge in [0.25, 0.3) is 0 Å². The summed E-state index contributed by atoms with van der Waals surface area (Å²) in [6.45, 7) is 0. The summed E-state index contributed by atoms with van der Waals surface area (Å²) in [6, 6.07) is 1.57. The maximum atomic E-state index is 11.3. The van der Waals surface area contributed by atoms with Gasteiger partial charge in [-0.15, -0.1) is 0 Å². The van der Waals surface area contributed by atoms with E-state index >= 15 is 0 Å². The van der Waals surface area contributed by atoms with Crippen LogP contribution in [0.3, 0.4) is 0 Å². The first-order valence-electron chi connectivity index (χ1n) is 4.48. The molecule has 2 fully saturated rings. The number of nitriles is 1. The van der Waals surface area contributed by atoms with Crippen LogP contribution in [0.25, 0.3) is 0 Å². The smallest absolute Gasteiger partial charge is 0.230 e. The fourth-order valence-electron chi connectivity index (χ4n) is 1.69. The van der Waals surface area contributed by atoms with Crippen LogP contribution in [0.15, 0.2) is 0 Å². The molecule has 0 radical (unpaired) electrons. The molecule has 0 bridgehead atoms. The summed E-state index contributed by atoms with van der Waals surface area (Å²) in [6.07, 6.45) is 2.50. The Morgan fingerprint density at radius 1 is 1.31 bits per heavy atom. The monoisotopic (exact) mass is 178 g/mol. The first kappa shape index (κ1) is 8.24. The summed E-state index contributed by atoms with van der Waals surface area (Å²) in [5.41, 5.74) is 0. The van der Waals surface area contributed by atoms with Crippen LogP contribution in [-0.2, 0) is 9.59 Å². The first-order valence-corrected chi connectivity index (χ1v) is 4.48. The Morgan fingerprint density at radius 3 is 2.23 bits per heavy atom. The number of hydrogen-bond donors (Lipinski definition) is 0. The Bertz CT molecular complexity index is 285. The number of imide groups is 1. The average Bonchev–Trinajstić information content (AvgIpc) is 2.88. The lowest BCUT2D eigenvalue weighted by Gasteiger charge is -2.19. The fourth-order valence-corrected chi connectivity index (χ4v) is 1.69. The molecule has 68 valence electrons. The van der Waals surface area contributed by atoms with Crippen molar-refractivity contribution in [2.24, 2.45) is 5.92 Å². The number of carbonyl (C=O) groups is 2. The van der Waals surface area contributed by atoms with Gasteiger partial charge in [0.15, 0.2) is 0 Å². The largest absolute Gasteiger partial charge is 0.274 e. The predicted octanol–water partition coefficient (Wildman–Crippen LogP) is 0.438. The third kappa shape index (κ3) is 1.31. The molecule has 0 aromatic carbocycles. The summed E-state index contributed by atoms with van der Waals surface area (Å²) < 4.78 is 0. The predicted molar refractivity (Wildman–Crippen MR) is 43.2 cm³/mol. The minimum Gasteiger partial charge on any atom is -0.274 e. The summed E-state index contributed by atoms with van der Waals surface area (Å²) >= 11 is 0. The van der Waals surface area contributed by atoms with Gasteiger partial charge >= 0.3 is 0 Å². The van der Waals surface area contributed by atoms with E-state index in [4.69, 9.17) is 5.26 Å². The van der Waals surface area contributed by atoms with Crippen molar-refractivity contribution in [3.05, 3.63) is 0 Å². The standard InChI is InChI=1S/C9H10N2O2/c10-5-7(6-1-2-6)11-8(12)3-4-9(11)13/h6-7H,1-4H2. The van der Waals surface area contributed by atoms with E-state index in [1.165, 1.54) is 0 Å². The zero-order valence-corrected chi connectivity index (χ0v) is 7.19. The van der Waals surface area contributed by atoms with Gasteiger partial charge in [0, 0.05) is 12.8 Å². The van der Waals surface area contributed by atoms with Gasteiger partial charge in [-0.05, 0) is 18.8 Å². The molecule has 0 spiro atoms. The van der Waals surface area contributed by atoms with Crippen LogP contribution in [0.2, 0.25) is 0 Å². The maximum Gasteiger partial charge on any atom is 0.230 e. The Kier molecular flexibility index (Phi) is 1.80. The van der Waals surface area contributed by atoms with Crippen molar-refractivity contribution in [3.8, 4) is 6.07 Å². The zero-order chi connectivity index (χ0) is 9.42. The van der Waals surface area contributed by atoms with Gasteiger partial charge in [0.2, 0.25) is 11.8 Å². The molecule has 0 N–H and O–H groups in total. The van der Waals surface area contributed by atoms with Crippen molar-refractivity contribution in [1.29, 1.82) is 5.26 Å². The number of carbonyl (C=O) groups excluding carboxylic acids is 2. The highest BCUT2D eigenvalue weighted by atomic mass is 16.2. The molecule has 1 saturated carbocycles. The van der Waals surface area contributed by atoms with Crippen LogP contribution in [-0.4, -0.2) is 22.8 Å². The minimum absolute atomic E-state index is 0.177. The van der Waals surface area contributed by atoms with Crippen LogP contribution in [0.4, 0.5) is 0 Å². The third-order valence-corrected chi connectivity index (χ3v) is 2.57. The molecular formula is C9H10N2O2. The topological polar surface area (TPSA) is 61.2 Å². The van der Waals surface area contributed by atoms with Crippen molar-refractivity contribution in [2.75, 3.05) is 0 Å². The van der Waals surface area contributed by atoms with E-state index in [0.29, 0.717) is 0 Å². The average molecular weight is 178 g/mol. The van der Waals surface area contributed by atoms with E-state index < -0.39 is 6.04 Å². The number of likely N-dealkylation sites (tertiary alicyclic amines) is 1. The van der Waals surface area contributed by atoms with Gasteiger partial charge in [-0.3, -0.25) is 14.5 Å². The number of nitrogens with zero attached hydrogens (tertiary/aromatic N) is 2. The summed E-state index contributed by atoms with van der Waals surface area (Å²) in [4.78, 5) is 23.7. The zero-order valence-electron chi connectivity index (χ0n) is 7.19.